The molecule has 0 aliphatic carbocycles. The Hall–Kier alpha value is -2.63. The van der Waals surface area contributed by atoms with E-state index in [4.69, 9.17) is 4.52 Å². The zero-order valence-electron chi connectivity index (χ0n) is 10.9. The van der Waals surface area contributed by atoms with E-state index in [-0.39, 0.29) is 6.04 Å². The van der Waals surface area contributed by atoms with E-state index in [1.165, 1.54) is 5.56 Å². The third kappa shape index (κ3) is 1.69. The predicted octanol–water partition coefficient (Wildman–Crippen LogP) is 2.18. The van der Waals surface area contributed by atoms with Crippen molar-refractivity contribution in [1.29, 1.82) is 0 Å². The molecule has 6 nitrogen and oxygen atoms in total. The van der Waals surface area contributed by atoms with Crippen molar-refractivity contribution < 1.29 is 4.52 Å². The third-order valence-corrected chi connectivity index (χ3v) is 3.53. The van der Waals surface area contributed by atoms with Crippen LogP contribution < -0.4 is 5.32 Å². The number of hydrogen-bond acceptors (Lipinski definition) is 5. The van der Waals surface area contributed by atoms with Gasteiger partial charge in [0, 0.05) is 31.5 Å². The van der Waals surface area contributed by atoms with E-state index in [0.29, 0.717) is 17.5 Å². The lowest BCUT2D eigenvalue weighted by Gasteiger charge is -2.04. The van der Waals surface area contributed by atoms with Crippen LogP contribution in [0.4, 0.5) is 5.69 Å². The summed E-state index contributed by atoms with van der Waals surface area (Å²) in [5.74, 6) is 1.82. The molecule has 1 aromatic carbocycles. The van der Waals surface area contributed by atoms with Gasteiger partial charge in [0.15, 0.2) is 5.82 Å². The van der Waals surface area contributed by atoms with Gasteiger partial charge in [0.2, 0.25) is 11.7 Å². The second kappa shape index (κ2) is 4.19. The largest absolute Gasteiger partial charge is 0.373 e. The van der Waals surface area contributed by atoms with Crippen molar-refractivity contribution in [2.24, 2.45) is 7.05 Å². The minimum atomic E-state index is 0.0360. The molecule has 0 radical (unpaired) electrons. The summed E-state index contributed by atoms with van der Waals surface area (Å²) in [6.45, 7) is 0. The first-order valence-electron chi connectivity index (χ1n) is 6.47. The fourth-order valence-electron chi connectivity index (χ4n) is 2.50. The molecule has 20 heavy (non-hydrogen) atoms. The standard InChI is InChI=1S/C14H13N5O/c1-19-7-6-15-13(19)12-17-14(20-18-12)11-8-9-4-2-3-5-10(9)16-11/h2-7,11,16H,8H2,1H3. The van der Waals surface area contributed by atoms with Crippen LogP contribution in [0.3, 0.4) is 0 Å². The Kier molecular flexibility index (Phi) is 2.35. The van der Waals surface area contributed by atoms with Crippen molar-refractivity contribution in [2.75, 3.05) is 5.32 Å². The molecule has 3 aromatic rings. The molecule has 3 heterocycles. The summed E-state index contributed by atoms with van der Waals surface area (Å²) in [7, 11) is 1.90. The smallest absolute Gasteiger partial charge is 0.249 e. The molecule has 6 heteroatoms. The minimum Gasteiger partial charge on any atom is -0.373 e. The molecule has 0 amide bonds. The Morgan fingerprint density at radius 3 is 3.05 bits per heavy atom. The second-order valence-electron chi connectivity index (χ2n) is 4.88. The number of anilines is 1. The van der Waals surface area contributed by atoms with Gasteiger partial charge in [0.05, 0.1) is 0 Å². The number of rotatable bonds is 2. The van der Waals surface area contributed by atoms with Crippen molar-refractivity contribution in [3.05, 3.63) is 48.1 Å². The SMILES string of the molecule is Cn1ccnc1-c1noc(C2Cc3ccccc3N2)n1. The van der Waals surface area contributed by atoms with Gasteiger partial charge in [-0.05, 0) is 11.6 Å². The molecule has 0 fully saturated rings. The number of para-hydroxylation sites is 1. The van der Waals surface area contributed by atoms with Gasteiger partial charge in [0.1, 0.15) is 6.04 Å². The Labute approximate surface area is 115 Å². The molecule has 1 unspecified atom stereocenters. The number of imidazole rings is 1. The molecule has 0 bridgehead atoms. The molecule has 0 saturated heterocycles. The van der Waals surface area contributed by atoms with Crippen molar-refractivity contribution in [3.8, 4) is 11.6 Å². The maximum Gasteiger partial charge on any atom is 0.249 e. The van der Waals surface area contributed by atoms with E-state index in [1.54, 1.807) is 6.20 Å². The third-order valence-electron chi connectivity index (χ3n) is 3.53. The van der Waals surface area contributed by atoms with Crippen LogP contribution in [0.5, 0.6) is 0 Å². The summed E-state index contributed by atoms with van der Waals surface area (Å²) in [6, 6.07) is 8.26. The second-order valence-corrected chi connectivity index (χ2v) is 4.88. The molecular weight excluding hydrogens is 254 g/mol. The summed E-state index contributed by atoms with van der Waals surface area (Å²) in [5.41, 5.74) is 2.41. The zero-order chi connectivity index (χ0) is 13.5. The molecule has 1 atom stereocenters. The van der Waals surface area contributed by atoms with Crippen LogP contribution in [0.2, 0.25) is 0 Å². The van der Waals surface area contributed by atoms with Crippen LogP contribution in [-0.4, -0.2) is 19.7 Å². The first kappa shape index (κ1) is 11.2. The fourth-order valence-corrected chi connectivity index (χ4v) is 2.50. The molecular formula is C14H13N5O. The summed E-state index contributed by atoms with van der Waals surface area (Å²) in [5, 5.41) is 7.42. The Bertz CT molecular complexity index is 735. The lowest BCUT2D eigenvalue weighted by atomic mass is 10.1. The quantitative estimate of drug-likeness (QED) is 0.770. The molecule has 100 valence electrons. The topological polar surface area (TPSA) is 68.8 Å². The number of aryl methyl sites for hydroxylation is 1. The number of aromatic nitrogens is 4. The van der Waals surface area contributed by atoms with Crippen LogP contribution in [0.1, 0.15) is 17.5 Å². The average Bonchev–Trinajstić information content (AvgIpc) is 3.15. The van der Waals surface area contributed by atoms with Gasteiger partial charge in [-0.2, -0.15) is 4.98 Å². The molecule has 0 saturated carbocycles. The molecule has 1 aliphatic rings. The van der Waals surface area contributed by atoms with Crippen LogP contribution in [0.25, 0.3) is 11.6 Å². The van der Waals surface area contributed by atoms with Crippen LogP contribution in [0, 0.1) is 0 Å². The van der Waals surface area contributed by atoms with Crippen LogP contribution >= 0.6 is 0 Å². The lowest BCUT2D eigenvalue weighted by molar-refractivity contribution is 0.364. The number of benzene rings is 1. The van der Waals surface area contributed by atoms with Gasteiger partial charge in [-0.15, -0.1) is 0 Å². The summed E-state index contributed by atoms with van der Waals surface area (Å²) >= 11 is 0. The highest BCUT2D eigenvalue weighted by Crippen LogP contribution is 2.33. The molecule has 4 rings (SSSR count). The monoisotopic (exact) mass is 267 g/mol. The first-order chi connectivity index (χ1) is 9.81. The lowest BCUT2D eigenvalue weighted by Crippen LogP contribution is -2.06. The molecule has 1 N–H and O–H groups in total. The van der Waals surface area contributed by atoms with Gasteiger partial charge < -0.3 is 14.4 Å². The Balaban J connectivity index is 1.63. The molecule has 2 aromatic heterocycles. The van der Waals surface area contributed by atoms with Crippen molar-refractivity contribution in [3.63, 3.8) is 0 Å². The fraction of sp³-hybridized carbons (Fsp3) is 0.214. The highest BCUT2D eigenvalue weighted by molar-refractivity contribution is 5.57. The number of hydrogen-bond donors (Lipinski definition) is 1. The van der Waals surface area contributed by atoms with Crippen molar-refractivity contribution >= 4 is 5.69 Å². The summed E-state index contributed by atoms with van der Waals surface area (Å²) < 4.78 is 7.25. The summed E-state index contributed by atoms with van der Waals surface area (Å²) in [6.07, 6.45) is 4.43. The van der Waals surface area contributed by atoms with E-state index >= 15 is 0 Å². The number of nitrogens with one attached hydrogen (secondary N) is 1. The Morgan fingerprint density at radius 2 is 2.25 bits per heavy atom. The van der Waals surface area contributed by atoms with Gasteiger partial charge in [0.25, 0.3) is 0 Å². The molecule has 1 aliphatic heterocycles. The number of fused-ring (bicyclic) bond motifs is 1. The van der Waals surface area contributed by atoms with Crippen molar-refractivity contribution in [1.82, 2.24) is 19.7 Å². The highest BCUT2D eigenvalue weighted by atomic mass is 16.5. The maximum atomic E-state index is 5.38. The van der Waals surface area contributed by atoms with E-state index < -0.39 is 0 Å². The van der Waals surface area contributed by atoms with E-state index in [2.05, 4.69) is 32.6 Å². The van der Waals surface area contributed by atoms with Crippen LogP contribution in [-0.2, 0) is 13.5 Å². The normalized spacial score (nSPS) is 16.9. The highest BCUT2D eigenvalue weighted by Gasteiger charge is 2.27. The van der Waals surface area contributed by atoms with Gasteiger partial charge in [-0.1, -0.05) is 23.4 Å². The van der Waals surface area contributed by atoms with E-state index in [1.807, 2.05) is 29.9 Å². The first-order valence-corrected chi connectivity index (χ1v) is 6.47. The van der Waals surface area contributed by atoms with Crippen molar-refractivity contribution in [2.45, 2.75) is 12.5 Å². The van der Waals surface area contributed by atoms with Gasteiger partial charge >= 0.3 is 0 Å². The van der Waals surface area contributed by atoms with Gasteiger partial charge in [-0.25, -0.2) is 4.98 Å². The average molecular weight is 267 g/mol. The van der Waals surface area contributed by atoms with E-state index in [0.717, 1.165) is 12.1 Å². The zero-order valence-corrected chi connectivity index (χ0v) is 10.9. The number of nitrogens with zero attached hydrogens (tertiary/aromatic N) is 4. The van der Waals surface area contributed by atoms with E-state index in [9.17, 15) is 0 Å². The Morgan fingerprint density at radius 1 is 1.35 bits per heavy atom. The van der Waals surface area contributed by atoms with Crippen LogP contribution in [0.15, 0.2) is 41.2 Å². The van der Waals surface area contributed by atoms with Gasteiger partial charge in [-0.3, -0.25) is 0 Å². The molecule has 0 spiro atoms. The maximum absolute atomic E-state index is 5.38. The minimum absolute atomic E-state index is 0.0360. The predicted molar refractivity (Wildman–Crippen MR) is 73.0 cm³/mol. The summed E-state index contributed by atoms with van der Waals surface area (Å²) in [4.78, 5) is 8.68.